The predicted octanol–water partition coefficient (Wildman–Crippen LogP) is 3.45. The number of rotatable bonds is 18. The van der Waals surface area contributed by atoms with Gasteiger partial charge in [-0.3, -0.25) is 0 Å². The van der Waals surface area contributed by atoms with Crippen LogP contribution in [0.15, 0.2) is 30.3 Å². The van der Waals surface area contributed by atoms with E-state index >= 15 is 0 Å². The van der Waals surface area contributed by atoms with Crippen molar-refractivity contribution < 1.29 is 29.2 Å². The molecule has 0 aliphatic heterocycles. The summed E-state index contributed by atoms with van der Waals surface area (Å²) in [5.41, 5.74) is 0. The smallest absolute Gasteiger partial charge is 0.119 e. The molecule has 0 aromatic heterocycles. The molecule has 0 saturated heterocycles. The maximum absolute atomic E-state index is 8.36. The molecule has 6 heteroatoms. The van der Waals surface area contributed by atoms with E-state index < -0.39 is 0 Å². The second-order valence-corrected chi connectivity index (χ2v) is 6.21. The molecule has 0 amide bonds. The summed E-state index contributed by atoms with van der Waals surface area (Å²) in [4.78, 5) is 0. The molecule has 0 aliphatic carbocycles. The highest BCUT2D eigenvalue weighted by Crippen LogP contribution is 2.10. The van der Waals surface area contributed by atoms with Gasteiger partial charge in [-0.25, -0.2) is 0 Å². The van der Waals surface area contributed by atoms with Crippen LogP contribution in [0.4, 0.5) is 0 Å². The molecule has 0 heterocycles. The summed E-state index contributed by atoms with van der Waals surface area (Å²) in [6.07, 6.45) is 7.90. The number of aliphatic hydroxyl groups is 2. The van der Waals surface area contributed by atoms with Crippen LogP contribution in [0.3, 0.4) is 0 Å². The van der Waals surface area contributed by atoms with Gasteiger partial charge in [0.25, 0.3) is 0 Å². The first-order chi connectivity index (χ1) is 13.8. The fraction of sp³-hybridized carbons (Fsp3) is 0.727. The van der Waals surface area contributed by atoms with Gasteiger partial charge in [-0.15, -0.1) is 0 Å². The number of hydrogen-bond donors (Lipinski definition) is 2. The van der Waals surface area contributed by atoms with Gasteiger partial charge in [0, 0.05) is 0 Å². The first-order valence-corrected chi connectivity index (χ1v) is 10.5. The van der Waals surface area contributed by atoms with Crippen LogP contribution >= 0.6 is 0 Å². The molecule has 1 aromatic rings. The Morgan fingerprint density at radius 3 is 1.64 bits per heavy atom. The van der Waals surface area contributed by atoms with Crippen LogP contribution in [0.2, 0.25) is 0 Å². The Labute approximate surface area is 170 Å². The fourth-order valence-corrected chi connectivity index (χ4v) is 2.26. The van der Waals surface area contributed by atoms with E-state index in [4.69, 9.17) is 29.2 Å². The Morgan fingerprint density at radius 1 is 0.607 bits per heavy atom. The molecule has 164 valence electrons. The quantitative estimate of drug-likeness (QED) is 0.368. The lowest BCUT2D eigenvalue weighted by molar-refractivity contribution is 0.00230. The van der Waals surface area contributed by atoms with E-state index in [1.54, 1.807) is 0 Å². The normalized spacial score (nSPS) is 10.4. The maximum atomic E-state index is 8.36. The number of ether oxygens (including phenoxy) is 4. The van der Waals surface area contributed by atoms with Crippen molar-refractivity contribution in [1.82, 2.24) is 0 Å². The highest BCUT2D eigenvalue weighted by Gasteiger charge is 1.93. The van der Waals surface area contributed by atoms with Gasteiger partial charge < -0.3 is 29.2 Å². The van der Waals surface area contributed by atoms with Gasteiger partial charge >= 0.3 is 0 Å². The van der Waals surface area contributed by atoms with Crippen molar-refractivity contribution in [3.63, 3.8) is 0 Å². The predicted molar refractivity (Wildman–Crippen MR) is 112 cm³/mol. The highest BCUT2D eigenvalue weighted by molar-refractivity contribution is 5.20. The third kappa shape index (κ3) is 21.1. The second-order valence-electron chi connectivity index (χ2n) is 6.21. The molecule has 0 radical (unpaired) electrons. The third-order valence-corrected chi connectivity index (χ3v) is 3.73. The average molecular weight is 401 g/mol. The van der Waals surface area contributed by atoms with Crippen molar-refractivity contribution in [2.45, 2.75) is 45.4 Å². The van der Waals surface area contributed by atoms with Crippen LogP contribution in [0.5, 0.6) is 5.75 Å². The summed E-state index contributed by atoms with van der Waals surface area (Å²) in [5, 5.41) is 16.7. The van der Waals surface area contributed by atoms with Crippen LogP contribution in [0, 0.1) is 0 Å². The molecule has 28 heavy (non-hydrogen) atoms. The first-order valence-electron chi connectivity index (χ1n) is 10.5. The molecule has 2 N–H and O–H groups in total. The molecule has 1 aromatic carbocycles. The Bertz CT molecular complexity index is 378. The summed E-state index contributed by atoms with van der Waals surface area (Å²) < 4.78 is 20.6. The van der Waals surface area contributed by atoms with Gasteiger partial charge in [0.05, 0.1) is 59.5 Å². The van der Waals surface area contributed by atoms with Crippen LogP contribution in [0.25, 0.3) is 0 Å². The molecule has 0 fully saturated rings. The summed E-state index contributed by atoms with van der Waals surface area (Å²) >= 11 is 0. The molecule has 0 aliphatic rings. The van der Waals surface area contributed by atoms with Crippen molar-refractivity contribution in [3.05, 3.63) is 30.3 Å². The highest BCUT2D eigenvalue weighted by atomic mass is 16.5. The Balaban J connectivity index is 0.000000528. The van der Waals surface area contributed by atoms with Gasteiger partial charge in [-0.05, 0) is 18.6 Å². The summed E-state index contributed by atoms with van der Waals surface area (Å²) in [6.45, 7) is 5.87. The van der Waals surface area contributed by atoms with E-state index in [1.807, 2.05) is 30.3 Å². The first kappa shape index (κ1) is 26.8. The molecule has 0 spiro atoms. The van der Waals surface area contributed by atoms with Gasteiger partial charge in [0.15, 0.2) is 0 Å². The van der Waals surface area contributed by atoms with Crippen molar-refractivity contribution in [2.75, 3.05) is 59.5 Å². The molecule has 0 bridgehead atoms. The minimum atomic E-state index is 0.0413. The molecule has 0 unspecified atom stereocenters. The third-order valence-electron chi connectivity index (χ3n) is 3.73. The van der Waals surface area contributed by atoms with Crippen molar-refractivity contribution in [2.24, 2.45) is 0 Å². The van der Waals surface area contributed by atoms with E-state index in [2.05, 4.69) is 6.92 Å². The van der Waals surface area contributed by atoms with Crippen LogP contribution in [-0.2, 0) is 14.2 Å². The van der Waals surface area contributed by atoms with Gasteiger partial charge in [0.1, 0.15) is 5.75 Å². The minimum absolute atomic E-state index is 0.0413. The number of para-hydroxylation sites is 1. The standard InChI is InChI=1S/C14H22O.C8H18O5/c1-2-3-4-5-6-10-13-15-14-11-8-7-9-12-14;9-1-3-11-5-7-13-8-6-12-4-2-10/h7-9,11-12H,2-6,10,13H2,1H3;9-10H,1-8H2. The molecular weight excluding hydrogens is 360 g/mol. The largest absolute Gasteiger partial charge is 0.494 e. The molecule has 0 atom stereocenters. The lowest BCUT2D eigenvalue weighted by atomic mass is 10.1. The van der Waals surface area contributed by atoms with E-state index in [0.29, 0.717) is 39.6 Å². The number of aliphatic hydroxyl groups excluding tert-OH is 2. The van der Waals surface area contributed by atoms with E-state index in [9.17, 15) is 0 Å². The zero-order valence-electron chi connectivity index (χ0n) is 17.5. The summed E-state index contributed by atoms with van der Waals surface area (Å²) in [7, 11) is 0. The zero-order valence-corrected chi connectivity index (χ0v) is 17.5. The second kappa shape index (κ2) is 23.9. The zero-order chi connectivity index (χ0) is 20.5. The van der Waals surface area contributed by atoms with Crippen molar-refractivity contribution in [1.29, 1.82) is 0 Å². The van der Waals surface area contributed by atoms with E-state index in [1.165, 1.54) is 38.5 Å². The fourth-order valence-electron chi connectivity index (χ4n) is 2.26. The van der Waals surface area contributed by atoms with Gasteiger partial charge in [-0.1, -0.05) is 57.2 Å². The number of benzene rings is 1. The van der Waals surface area contributed by atoms with Crippen molar-refractivity contribution in [3.8, 4) is 5.75 Å². The van der Waals surface area contributed by atoms with E-state index in [0.717, 1.165) is 12.4 Å². The van der Waals surface area contributed by atoms with Gasteiger partial charge in [0.2, 0.25) is 0 Å². The molecule has 6 nitrogen and oxygen atoms in total. The molecule has 1 rings (SSSR count). The lowest BCUT2D eigenvalue weighted by Gasteiger charge is -2.05. The Hall–Kier alpha value is -1.18. The summed E-state index contributed by atoms with van der Waals surface area (Å²) in [5.74, 6) is 0.992. The lowest BCUT2D eigenvalue weighted by Crippen LogP contribution is -2.11. The minimum Gasteiger partial charge on any atom is -0.494 e. The Morgan fingerprint density at radius 2 is 1.11 bits per heavy atom. The number of hydrogen-bond acceptors (Lipinski definition) is 6. The monoisotopic (exact) mass is 400 g/mol. The molecule has 0 saturated carbocycles. The summed E-state index contributed by atoms with van der Waals surface area (Å²) in [6, 6.07) is 10.1. The average Bonchev–Trinajstić information content (AvgIpc) is 2.73. The van der Waals surface area contributed by atoms with Crippen LogP contribution in [-0.4, -0.2) is 69.7 Å². The topological polar surface area (TPSA) is 77.4 Å². The van der Waals surface area contributed by atoms with Crippen LogP contribution in [0.1, 0.15) is 45.4 Å². The van der Waals surface area contributed by atoms with Crippen molar-refractivity contribution >= 4 is 0 Å². The van der Waals surface area contributed by atoms with Gasteiger partial charge in [-0.2, -0.15) is 0 Å². The number of unbranched alkanes of at least 4 members (excludes halogenated alkanes) is 5. The Kier molecular flexibility index (Phi) is 22.9. The molecular formula is C22H40O6. The maximum Gasteiger partial charge on any atom is 0.119 e. The van der Waals surface area contributed by atoms with E-state index in [-0.39, 0.29) is 13.2 Å². The van der Waals surface area contributed by atoms with Crippen LogP contribution < -0.4 is 4.74 Å². The SMILES string of the molecule is CCCCCCCCOc1ccccc1.OCCOCCOCCOCCO.